The molecule has 1 fully saturated rings. The van der Waals surface area contributed by atoms with Crippen LogP contribution >= 0.6 is 0 Å². The molecule has 152 valence electrons. The minimum absolute atomic E-state index is 0.174. The van der Waals surface area contributed by atoms with Crippen LogP contribution in [-0.4, -0.2) is 39.0 Å². The minimum atomic E-state index is -3.56. The normalized spacial score (nSPS) is 16.6. The average molecular weight is 407 g/mol. The Hall–Kier alpha value is -1.96. The van der Waals surface area contributed by atoms with Crippen molar-refractivity contribution >= 4 is 10.0 Å². The highest BCUT2D eigenvalue weighted by Crippen LogP contribution is 2.18. The van der Waals surface area contributed by atoms with E-state index in [2.05, 4.69) is 16.5 Å². The second-order valence-corrected chi connectivity index (χ2v) is 8.95. The van der Waals surface area contributed by atoms with E-state index in [9.17, 15) is 12.8 Å². The van der Waals surface area contributed by atoms with Gasteiger partial charge in [0.25, 0.3) is 0 Å². The maximum atomic E-state index is 12.9. The predicted molar refractivity (Wildman–Crippen MR) is 107 cm³/mol. The summed E-state index contributed by atoms with van der Waals surface area (Å²) in [5.74, 6) is 0.269. The van der Waals surface area contributed by atoms with E-state index in [1.165, 1.54) is 43.5 Å². The molecule has 0 bridgehead atoms. The Kier molecular flexibility index (Phi) is 7.04. The standard InChI is InChI=1S/C21H27FN2O3S/c1-17(24-13-3-2-4-14-24)15-23-28(25,26)21-11-9-20(10-12-21)27-16-18-5-7-19(22)8-6-18/h5-12,17,23H,2-4,13-16H2,1H3/t17-/m0/s1. The molecule has 0 unspecified atom stereocenters. The fraction of sp³-hybridized carbons (Fsp3) is 0.429. The van der Waals surface area contributed by atoms with Gasteiger partial charge in [-0.1, -0.05) is 18.6 Å². The number of benzene rings is 2. The Balaban J connectivity index is 1.53. The molecule has 1 heterocycles. The van der Waals surface area contributed by atoms with Crippen LogP contribution in [0, 0.1) is 5.82 Å². The van der Waals surface area contributed by atoms with Crippen molar-refractivity contribution in [3.63, 3.8) is 0 Å². The highest BCUT2D eigenvalue weighted by Gasteiger charge is 2.20. The van der Waals surface area contributed by atoms with Gasteiger partial charge in [-0.3, -0.25) is 4.90 Å². The molecule has 1 saturated heterocycles. The van der Waals surface area contributed by atoms with E-state index in [0.717, 1.165) is 18.7 Å². The summed E-state index contributed by atoms with van der Waals surface area (Å²) in [4.78, 5) is 2.55. The summed E-state index contributed by atoms with van der Waals surface area (Å²) in [6.07, 6.45) is 3.61. The molecule has 1 N–H and O–H groups in total. The SMILES string of the molecule is C[C@@H](CNS(=O)(=O)c1ccc(OCc2ccc(F)cc2)cc1)N1CCCCC1. The maximum absolute atomic E-state index is 12.9. The molecular weight excluding hydrogens is 379 g/mol. The van der Waals surface area contributed by atoms with Crippen molar-refractivity contribution in [2.75, 3.05) is 19.6 Å². The van der Waals surface area contributed by atoms with Crippen LogP contribution in [0.4, 0.5) is 4.39 Å². The van der Waals surface area contributed by atoms with Crippen molar-refractivity contribution in [3.05, 3.63) is 59.9 Å². The maximum Gasteiger partial charge on any atom is 0.240 e. The second-order valence-electron chi connectivity index (χ2n) is 7.18. The third-order valence-electron chi connectivity index (χ3n) is 5.04. The summed E-state index contributed by atoms with van der Waals surface area (Å²) in [5, 5.41) is 0. The van der Waals surface area contributed by atoms with Gasteiger partial charge in [0, 0.05) is 12.6 Å². The van der Waals surface area contributed by atoms with Gasteiger partial charge >= 0.3 is 0 Å². The van der Waals surface area contributed by atoms with Crippen LogP contribution in [0.2, 0.25) is 0 Å². The third kappa shape index (κ3) is 5.77. The summed E-state index contributed by atoms with van der Waals surface area (Å²) in [5.41, 5.74) is 0.839. The van der Waals surface area contributed by atoms with Gasteiger partial charge in [-0.25, -0.2) is 17.5 Å². The first kappa shape index (κ1) is 20.8. The fourth-order valence-corrected chi connectivity index (χ4v) is 4.39. The molecule has 0 saturated carbocycles. The number of nitrogens with zero attached hydrogens (tertiary/aromatic N) is 1. The smallest absolute Gasteiger partial charge is 0.240 e. The van der Waals surface area contributed by atoms with Crippen LogP contribution in [0.15, 0.2) is 53.4 Å². The van der Waals surface area contributed by atoms with E-state index in [1.807, 2.05) is 0 Å². The molecule has 5 nitrogen and oxygen atoms in total. The Morgan fingerprint density at radius 1 is 1.04 bits per heavy atom. The van der Waals surface area contributed by atoms with Crippen molar-refractivity contribution in [1.82, 2.24) is 9.62 Å². The highest BCUT2D eigenvalue weighted by atomic mass is 32.2. The number of piperidine rings is 1. The van der Waals surface area contributed by atoms with Crippen LogP contribution in [0.3, 0.4) is 0 Å². The molecule has 0 amide bonds. The van der Waals surface area contributed by atoms with E-state index in [0.29, 0.717) is 12.3 Å². The monoisotopic (exact) mass is 406 g/mol. The van der Waals surface area contributed by atoms with Gasteiger partial charge < -0.3 is 4.74 Å². The van der Waals surface area contributed by atoms with E-state index in [1.54, 1.807) is 24.3 Å². The van der Waals surface area contributed by atoms with Gasteiger partial charge in [-0.2, -0.15) is 0 Å². The van der Waals surface area contributed by atoms with Crippen molar-refractivity contribution in [3.8, 4) is 5.75 Å². The lowest BCUT2D eigenvalue weighted by Gasteiger charge is -2.32. The van der Waals surface area contributed by atoms with Crippen molar-refractivity contribution in [2.24, 2.45) is 0 Å². The molecule has 2 aromatic rings. The van der Waals surface area contributed by atoms with Crippen LogP contribution < -0.4 is 9.46 Å². The Bertz CT molecular complexity index is 848. The van der Waals surface area contributed by atoms with Crippen LogP contribution in [0.25, 0.3) is 0 Å². The number of halogens is 1. The molecule has 1 aliphatic heterocycles. The van der Waals surface area contributed by atoms with Gasteiger partial charge in [0.1, 0.15) is 18.2 Å². The van der Waals surface area contributed by atoms with Crippen molar-refractivity contribution < 1.29 is 17.5 Å². The lowest BCUT2D eigenvalue weighted by atomic mass is 10.1. The van der Waals surface area contributed by atoms with Crippen molar-refractivity contribution in [2.45, 2.75) is 43.7 Å². The summed E-state index contributed by atoms with van der Waals surface area (Å²) in [7, 11) is -3.56. The van der Waals surface area contributed by atoms with Gasteiger partial charge in [-0.05, 0) is 74.8 Å². The summed E-state index contributed by atoms with van der Waals surface area (Å²) < 4.78 is 46.3. The molecule has 0 radical (unpaired) electrons. The van der Waals surface area contributed by atoms with Crippen LogP contribution in [0.5, 0.6) is 5.75 Å². The zero-order chi connectivity index (χ0) is 20.0. The molecule has 1 atom stereocenters. The van der Waals surface area contributed by atoms with E-state index in [-0.39, 0.29) is 23.4 Å². The molecular formula is C21H27FN2O3S. The number of ether oxygens (including phenoxy) is 1. The molecule has 1 aliphatic rings. The van der Waals surface area contributed by atoms with Crippen molar-refractivity contribution in [1.29, 1.82) is 0 Å². The quantitative estimate of drug-likeness (QED) is 0.728. The predicted octanol–water partition coefficient (Wildman–Crippen LogP) is 3.56. The Morgan fingerprint density at radius 2 is 1.68 bits per heavy atom. The number of hydrogen-bond acceptors (Lipinski definition) is 4. The lowest BCUT2D eigenvalue weighted by molar-refractivity contribution is 0.175. The third-order valence-corrected chi connectivity index (χ3v) is 6.48. The van der Waals surface area contributed by atoms with E-state index in [4.69, 9.17) is 4.74 Å². The summed E-state index contributed by atoms with van der Waals surface area (Å²) >= 11 is 0. The number of likely N-dealkylation sites (tertiary alicyclic amines) is 1. The highest BCUT2D eigenvalue weighted by molar-refractivity contribution is 7.89. The summed E-state index contributed by atoms with van der Waals surface area (Å²) in [6.45, 7) is 4.80. The Morgan fingerprint density at radius 3 is 2.32 bits per heavy atom. The number of hydrogen-bond donors (Lipinski definition) is 1. The number of nitrogens with one attached hydrogen (secondary N) is 1. The first-order chi connectivity index (χ1) is 13.4. The second kappa shape index (κ2) is 9.49. The lowest BCUT2D eigenvalue weighted by Crippen LogP contribution is -2.44. The van der Waals surface area contributed by atoms with Crippen LogP contribution in [-0.2, 0) is 16.6 Å². The summed E-state index contributed by atoms with van der Waals surface area (Å²) in [6, 6.07) is 12.6. The largest absolute Gasteiger partial charge is 0.489 e. The minimum Gasteiger partial charge on any atom is -0.489 e. The van der Waals surface area contributed by atoms with Crippen LogP contribution in [0.1, 0.15) is 31.7 Å². The molecule has 3 rings (SSSR count). The number of rotatable bonds is 8. The van der Waals surface area contributed by atoms with Gasteiger partial charge in [-0.15, -0.1) is 0 Å². The topological polar surface area (TPSA) is 58.6 Å². The first-order valence-electron chi connectivity index (χ1n) is 9.65. The number of sulfonamides is 1. The Labute approximate surface area is 166 Å². The molecule has 2 aromatic carbocycles. The van der Waals surface area contributed by atoms with Gasteiger partial charge in [0.2, 0.25) is 10.0 Å². The molecule has 0 spiro atoms. The van der Waals surface area contributed by atoms with E-state index < -0.39 is 10.0 Å². The average Bonchev–Trinajstić information content (AvgIpc) is 2.72. The fourth-order valence-electron chi connectivity index (χ4n) is 3.26. The zero-order valence-electron chi connectivity index (χ0n) is 16.1. The molecule has 0 aliphatic carbocycles. The van der Waals surface area contributed by atoms with Gasteiger partial charge in [0.15, 0.2) is 0 Å². The molecule has 0 aromatic heterocycles. The van der Waals surface area contributed by atoms with E-state index >= 15 is 0 Å². The van der Waals surface area contributed by atoms with Gasteiger partial charge in [0.05, 0.1) is 4.90 Å². The zero-order valence-corrected chi connectivity index (χ0v) is 16.9. The molecule has 28 heavy (non-hydrogen) atoms. The molecule has 7 heteroatoms. The first-order valence-corrected chi connectivity index (χ1v) is 11.1.